The van der Waals surface area contributed by atoms with Crippen LogP contribution in [0.4, 0.5) is 0 Å². The summed E-state index contributed by atoms with van der Waals surface area (Å²) in [6, 6.07) is 7.98. The largest absolute Gasteiger partial charge is 0.456 e. The van der Waals surface area contributed by atoms with Crippen LogP contribution in [-0.4, -0.2) is 17.7 Å². The van der Waals surface area contributed by atoms with Crippen LogP contribution in [-0.2, 0) is 11.3 Å². The van der Waals surface area contributed by atoms with Crippen LogP contribution in [0, 0.1) is 0 Å². The molecule has 2 aromatic rings. The predicted octanol–water partition coefficient (Wildman–Crippen LogP) is 3.47. The van der Waals surface area contributed by atoms with E-state index >= 15 is 0 Å². The summed E-state index contributed by atoms with van der Waals surface area (Å²) in [5.74, 6) is 0.612. The molecule has 0 spiro atoms. The lowest BCUT2D eigenvalue weighted by atomic mass is 10.2. The van der Waals surface area contributed by atoms with E-state index < -0.39 is 5.97 Å². The van der Waals surface area contributed by atoms with Crippen LogP contribution >= 0.6 is 23.2 Å². The highest BCUT2D eigenvalue weighted by molar-refractivity contribution is 6.32. The highest BCUT2D eigenvalue weighted by Crippen LogP contribution is 2.32. The maximum atomic E-state index is 12.0. The molecule has 108 valence electrons. The van der Waals surface area contributed by atoms with Gasteiger partial charge in [0.2, 0.25) is 6.79 Å². The summed E-state index contributed by atoms with van der Waals surface area (Å²) in [6.45, 7) is 0.0859. The number of nitrogens with zero attached hydrogens (tertiary/aromatic N) is 1. The van der Waals surface area contributed by atoms with Crippen molar-refractivity contribution < 1.29 is 19.0 Å². The van der Waals surface area contributed by atoms with Gasteiger partial charge in [0.1, 0.15) is 11.8 Å². The van der Waals surface area contributed by atoms with Crippen LogP contribution in [0.2, 0.25) is 10.2 Å². The number of aromatic nitrogens is 1. The van der Waals surface area contributed by atoms with Crippen molar-refractivity contribution in [3.05, 3.63) is 51.8 Å². The minimum atomic E-state index is -0.508. The Balaban J connectivity index is 1.70. The van der Waals surface area contributed by atoms with Gasteiger partial charge in [-0.15, -0.1) is 0 Å². The van der Waals surface area contributed by atoms with Crippen LogP contribution in [0.5, 0.6) is 11.5 Å². The van der Waals surface area contributed by atoms with Crippen LogP contribution in [0.3, 0.4) is 0 Å². The molecule has 0 bridgehead atoms. The third-order valence-electron chi connectivity index (χ3n) is 2.83. The Hall–Kier alpha value is -1.98. The summed E-state index contributed by atoms with van der Waals surface area (Å²) in [4.78, 5) is 16.0. The number of hydrogen-bond acceptors (Lipinski definition) is 5. The fraction of sp³-hybridized carbons (Fsp3) is 0.143. The van der Waals surface area contributed by atoms with Gasteiger partial charge < -0.3 is 14.2 Å². The number of pyridine rings is 1. The van der Waals surface area contributed by atoms with Crippen molar-refractivity contribution in [1.82, 2.24) is 4.98 Å². The third kappa shape index (κ3) is 3.04. The molecule has 21 heavy (non-hydrogen) atoms. The maximum absolute atomic E-state index is 12.0. The van der Waals surface area contributed by atoms with Gasteiger partial charge in [-0.25, -0.2) is 9.78 Å². The zero-order chi connectivity index (χ0) is 14.8. The van der Waals surface area contributed by atoms with E-state index in [-0.39, 0.29) is 18.6 Å². The first-order valence-corrected chi connectivity index (χ1v) is 6.77. The number of ether oxygens (including phenoxy) is 3. The molecule has 0 N–H and O–H groups in total. The monoisotopic (exact) mass is 325 g/mol. The zero-order valence-electron chi connectivity index (χ0n) is 10.6. The van der Waals surface area contributed by atoms with Gasteiger partial charge in [-0.05, 0) is 30.3 Å². The Morgan fingerprint density at radius 1 is 1.19 bits per heavy atom. The molecule has 1 aromatic carbocycles. The first kappa shape index (κ1) is 14.0. The molecule has 1 aromatic heterocycles. The van der Waals surface area contributed by atoms with Crippen molar-refractivity contribution >= 4 is 29.2 Å². The van der Waals surface area contributed by atoms with Gasteiger partial charge in [-0.1, -0.05) is 23.2 Å². The predicted molar refractivity (Wildman–Crippen MR) is 75.9 cm³/mol. The summed E-state index contributed by atoms with van der Waals surface area (Å²) < 4.78 is 15.5. The number of esters is 1. The van der Waals surface area contributed by atoms with E-state index in [1.165, 1.54) is 0 Å². The number of halogens is 2. The summed E-state index contributed by atoms with van der Waals surface area (Å²) in [6.07, 6.45) is 0. The minimum absolute atomic E-state index is 0.0628. The van der Waals surface area contributed by atoms with E-state index in [1.54, 1.807) is 30.3 Å². The first-order valence-electron chi connectivity index (χ1n) is 6.01. The van der Waals surface area contributed by atoms with Crippen molar-refractivity contribution in [2.45, 2.75) is 6.61 Å². The van der Waals surface area contributed by atoms with Gasteiger partial charge in [0, 0.05) is 0 Å². The van der Waals surface area contributed by atoms with Crippen molar-refractivity contribution in [3.8, 4) is 11.5 Å². The fourth-order valence-electron chi connectivity index (χ4n) is 1.80. The molecular weight excluding hydrogens is 317 g/mol. The van der Waals surface area contributed by atoms with Crippen molar-refractivity contribution in [2.24, 2.45) is 0 Å². The molecule has 7 heteroatoms. The molecule has 0 saturated heterocycles. The topological polar surface area (TPSA) is 57.7 Å². The summed E-state index contributed by atoms with van der Waals surface area (Å²) in [5.41, 5.74) is 0.760. The minimum Gasteiger partial charge on any atom is -0.456 e. The van der Waals surface area contributed by atoms with Gasteiger partial charge in [0.05, 0.1) is 16.3 Å². The second-order valence-electron chi connectivity index (χ2n) is 4.21. The van der Waals surface area contributed by atoms with E-state index in [0.29, 0.717) is 27.8 Å². The van der Waals surface area contributed by atoms with E-state index in [2.05, 4.69) is 4.98 Å². The average molecular weight is 326 g/mol. The molecule has 2 heterocycles. The lowest BCUT2D eigenvalue weighted by Crippen LogP contribution is -2.06. The molecule has 3 rings (SSSR count). The number of fused-ring (bicyclic) bond motifs is 1. The number of benzene rings is 1. The van der Waals surface area contributed by atoms with Crippen LogP contribution < -0.4 is 9.47 Å². The SMILES string of the molecule is O=C(OCc1nc(Cl)ccc1Cl)c1ccc2c(c1)OCO2. The Morgan fingerprint density at radius 3 is 2.86 bits per heavy atom. The van der Waals surface area contributed by atoms with Crippen molar-refractivity contribution in [1.29, 1.82) is 0 Å². The smallest absolute Gasteiger partial charge is 0.338 e. The molecule has 0 atom stereocenters. The molecule has 1 aliphatic rings. The number of carbonyl (C=O) groups excluding carboxylic acids is 1. The standard InChI is InChI=1S/C14H9Cl2NO4/c15-9-2-4-13(16)17-10(9)6-19-14(18)8-1-3-11-12(5-8)21-7-20-11/h1-5H,6-7H2. The highest BCUT2D eigenvalue weighted by Gasteiger charge is 2.17. The summed E-state index contributed by atoms with van der Waals surface area (Å²) in [7, 11) is 0. The number of rotatable bonds is 3. The first-order chi connectivity index (χ1) is 10.1. The third-order valence-corrected chi connectivity index (χ3v) is 3.39. The van der Waals surface area contributed by atoms with Crippen LogP contribution in [0.25, 0.3) is 0 Å². The van der Waals surface area contributed by atoms with Crippen LogP contribution in [0.15, 0.2) is 30.3 Å². The van der Waals surface area contributed by atoms with Gasteiger partial charge in [-0.3, -0.25) is 0 Å². The molecule has 0 amide bonds. The van der Waals surface area contributed by atoms with Crippen molar-refractivity contribution in [2.75, 3.05) is 6.79 Å². The second-order valence-corrected chi connectivity index (χ2v) is 5.00. The molecular formula is C14H9Cl2NO4. The average Bonchev–Trinajstić information content (AvgIpc) is 2.95. The Morgan fingerprint density at radius 2 is 2.00 bits per heavy atom. The highest BCUT2D eigenvalue weighted by atomic mass is 35.5. The Bertz CT molecular complexity index is 705. The van der Waals surface area contributed by atoms with Gasteiger partial charge in [0.15, 0.2) is 11.5 Å². The maximum Gasteiger partial charge on any atom is 0.338 e. The van der Waals surface area contributed by atoms with E-state index in [1.807, 2.05) is 0 Å². The van der Waals surface area contributed by atoms with E-state index in [4.69, 9.17) is 37.4 Å². The normalized spacial score (nSPS) is 12.3. The molecule has 5 nitrogen and oxygen atoms in total. The lowest BCUT2D eigenvalue weighted by Gasteiger charge is -2.07. The Labute approximate surface area is 130 Å². The molecule has 1 aliphatic heterocycles. The molecule has 0 saturated carbocycles. The summed E-state index contributed by atoms with van der Waals surface area (Å²) >= 11 is 11.7. The van der Waals surface area contributed by atoms with E-state index in [0.717, 1.165) is 0 Å². The molecule has 0 aliphatic carbocycles. The Kier molecular flexibility index (Phi) is 3.86. The number of carbonyl (C=O) groups is 1. The number of hydrogen-bond donors (Lipinski definition) is 0. The van der Waals surface area contributed by atoms with Gasteiger partial charge in [0.25, 0.3) is 0 Å². The van der Waals surface area contributed by atoms with Crippen LogP contribution in [0.1, 0.15) is 16.1 Å². The zero-order valence-corrected chi connectivity index (χ0v) is 12.1. The molecule has 0 radical (unpaired) electrons. The van der Waals surface area contributed by atoms with E-state index in [9.17, 15) is 4.79 Å². The van der Waals surface area contributed by atoms with Gasteiger partial charge >= 0.3 is 5.97 Å². The molecule has 0 unspecified atom stereocenters. The fourth-order valence-corrected chi connectivity index (χ4v) is 2.12. The van der Waals surface area contributed by atoms with Crippen molar-refractivity contribution in [3.63, 3.8) is 0 Å². The second kappa shape index (κ2) is 5.79. The quantitative estimate of drug-likeness (QED) is 0.638. The lowest BCUT2D eigenvalue weighted by molar-refractivity contribution is 0.0467. The van der Waals surface area contributed by atoms with Gasteiger partial charge in [-0.2, -0.15) is 0 Å². The molecule has 0 fully saturated rings. The summed E-state index contributed by atoms with van der Waals surface area (Å²) in [5, 5.41) is 0.673.